The van der Waals surface area contributed by atoms with Crippen LogP contribution >= 0.6 is 7.82 Å². The average molecular weight is 578 g/mol. The van der Waals surface area contributed by atoms with Crippen LogP contribution in [0.1, 0.15) is 11.1 Å². The summed E-state index contributed by atoms with van der Waals surface area (Å²) in [4.78, 5) is 26.8. The van der Waals surface area contributed by atoms with E-state index in [1.165, 1.54) is 37.4 Å². The normalized spacial score (nSPS) is 11.5. The molecule has 0 atom stereocenters. The van der Waals surface area contributed by atoms with Gasteiger partial charge in [0.05, 0.1) is 18.0 Å². The fourth-order valence-corrected chi connectivity index (χ4v) is 4.83. The van der Waals surface area contributed by atoms with Crippen LogP contribution in [0.2, 0.25) is 0 Å². The molecule has 0 aliphatic rings. The summed E-state index contributed by atoms with van der Waals surface area (Å²) in [6.45, 7) is -0.166. The largest absolute Gasteiger partial charge is 0.585 e. The highest BCUT2D eigenvalue weighted by Gasteiger charge is 2.35. The van der Waals surface area contributed by atoms with Crippen molar-refractivity contribution in [3.63, 3.8) is 0 Å². The highest BCUT2D eigenvalue weighted by molar-refractivity contribution is 7.48. The van der Waals surface area contributed by atoms with Crippen molar-refractivity contribution in [1.29, 1.82) is 0 Å². The molecule has 5 aromatic rings. The number of fused-ring (bicyclic) bond motifs is 1. The first kappa shape index (κ1) is 28.2. The molecule has 0 amide bonds. The molecule has 11 heteroatoms. The molecule has 0 saturated heterocycles. The third-order valence-electron chi connectivity index (χ3n) is 5.90. The Morgan fingerprint density at radius 3 is 2.00 bits per heavy atom. The predicted molar refractivity (Wildman–Crippen MR) is 149 cm³/mol. The predicted octanol–water partition coefficient (Wildman–Crippen LogP) is 7.13. The summed E-state index contributed by atoms with van der Waals surface area (Å²) < 4.78 is 49.0. The summed E-state index contributed by atoms with van der Waals surface area (Å²) in [6, 6.07) is 28.2. The number of benzene rings is 4. The second kappa shape index (κ2) is 12.9. The molecule has 4 aromatic carbocycles. The summed E-state index contributed by atoms with van der Waals surface area (Å²) in [5, 5.41) is -0.0111. The smallest absolute Gasteiger partial charge is 0.493 e. The summed E-state index contributed by atoms with van der Waals surface area (Å²) in [6.07, 6.45) is 0. The molecule has 0 saturated carbocycles. The second-order valence-electron chi connectivity index (χ2n) is 8.76. The zero-order chi connectivity index (χ0) is 28.7. The number of methoxy groups -OCH3 is 1. The van der Waals surface area contributed by atoms with Crippen molar-refractivity contribution in [3.8, 4) is 22.8 Å². The molecule has 0 unspecified atom stereocenters. The number of hydrogen-bond donors (Lipinski definition) is 1. The van der Waals surface area contributed by atoms with E-state index < -0.39 is 19.1 Å². The Kier molecular flexibility index (Phi) is 8.88. The number of rotatable bonds is 12. The van der Waals surface area contributed by atoms with Gasteiger partial charge in [-0.25, -0.2) is 18.7 Å². The zero-order valence-electron chi connectivity index (χ0n) is 21.8. The van der Waals surface area contributed by atoms with Gasteiger partial charge in [0.15, 0.2) is 16.9 Å². The van der Waals surface area contributed by atoms with Crippen LogP contribution in [0.3, 0.4) is 0 Å². The van der Waals surface area contributed by atoms with Crippen molar-refractivity contribution in [2.45, 2.75) is 13.2 Å². The topological polar surface area (TPSA) is 105 Å². The Morgan fingerprint density at radius 2 is 1.41 bits per heavy atom. The van der Waals surface area contributed by atoms with Gasteiger partial charge in [-0.2, -0.15) is 0 Å². The van der Waals surface area contributed by atoms with E-state index in [4.69, 9.17) is 28.4 Å². The number of aromatic amines is 1. The van der Waals surface area contributed by atoms with Gasteiger partial charge in [-0.05, 0) is 35.4 Å². The first-order valence-corrected chi connectivity index (χ1v) is 13.9. The van der Waals surface area contributed by atoms with Crippen LogP contribution in [0.5, 0.6) is 11.5 Å². The minimum absolute atomic E-state index is 0.0111. The molecule has 1 N–H and O–H groups in total. The molecule has 41 heavy (non-hydrogen) atoms. The van der Waals surface area contributed by atoms with Crippen LogP contribution in [0.25, 0.3) is 22.2 Å². The fraction of sp³-hybridized carbons (Fsp3) is 0.100. The van der Waals surface area contributed by atoms with Crippen LogP contribution in [0, 0.1) is 5.82 Å². The molecule has 9 nitrogen and oxygen atoms in total. The van der Waals surface area contributed by atoms with E-state index in [9.17, 15) is 13.8 Å². The molecule has 0 fully saturated rings. The first-order valence-electron chi connectivity index (χ1n) is 12.4. The third-order valence-corrected chi connectivity index (χ3v) is 6.88. The lowest BCUT2D eigenvalue weighted by Gasteiger charge is -2.19. The van der Waals surface area contributed by atoms with Crippen molar-refractivity contribution in [1.82, 2.24) is 4.98 Å². The number of hydrogen-bond acceptors (Lipinski definition) is 8. The number of pyridine rings is 1. The van der Waals surface area contributed by atoms with E-state index in [1.54, 1.807) is 60.7 Å². The Balaban J connectivity index is 1.47. The molecule has 0 spiro atoms. The molecular formula is C30H25FNO8P. The lowest BCUT2D eigenvalue weighted by Crippen LogP contribution is -2.09. The number of H-pyrrole nitrogens is 1. The van der Waals surface area contributed by atoms with Gasteiger partial charge in [-0.1, -0.05) is 72.8 Å². The summed E-state index contributed by atoms with van der Waals surface area (Å²) in [5.74, 6) is -0.615. The Labute approximate surface area is 234 Å². The summed E-state index contributed by atoms with van der Waals surface area (Å²) in [5.41, 5.74) is 2.07. The van der Waals surface area contributed by atoms with Crippen LogP contribution in [0.15, 0.2) is 108 Å². The van der Waals surface area contributed by atoms with Crippen LogP contribution in [-0.4, -0.2) is 12.1 Å². The average Bonchev–Trinajstić information content (AvgIpc) is 2.98. The first-order chi connectivity index (χ1) is 19.9. The van der Waals surface area contributed by atoms with E-state index in [0.717, 1.165) is 11.1 Å². The molecule has 5 rings (SSSR count). The Bertz CT molecular complexity index is 1680. The van der Waals surface area contributed by atoms with Crippen molar-refractivity contribution in [3.05, 3.63) is 130 Å². The minimum Gasteiger partial charge on any atom is -0.493 e. The lowest BCUT2D eigenvalue weighted by atomic mass is 10.1. The van der Waals surface area contributed by atoms with Crippen molar-refractivity contribution >= 4 is 18.7 Å². The standard InChI is InChI=1S/C30H25FNO8P/c1-35-28-16-15-25-29(27(33)18-26(32-25)23-13-8-14-24(31)17-23)30(28)38-41(34,39-36-19-21-9-4-2-5-10-21)40-37-20-22-11-6-3-7-12-22/h2-18H,19-20H2,1H3,(H,32,33). The molecule has 1 heterocycles. The SMILES string of the molecule is COc1ccc2[nH]c(-c3cccc(F)c3)cc(=O)c2c1OP(=O)(OOCc1ccccc1)OOCc1ccccc1. The molecule has 0 radical (unpaired) electrons. The quantitative estimate of drug-likeness (QED) is 0.0949. The third kappa shape index (κ3) is 7.07. The van der Waals surface area contributed by atoms with E-state index >= 15 is 0 Å². The van der Waals surface area contributed by atoms with E-state index in [0.29, 0.717) is 16.8 Å². The van der Waals surface area contributed by atoms with Gasteiger partial charge in [0.25, 0.3) is 0 Å². The fourth-order valence-electron chi connectivity index (χ4n) is 3.98. The van der Waals surface area contributed by atoms with Gasteiger partial charge in [0.1, 0.15) is 19.0 Å². The summed E-state index contributed by atoms with van der Waals surface area (Å²) in [7, 11) is -3.33. The van der Waals surface area contributed by atoms with Gasteiger partial charge in [-0.15, -0.1) is 9.35 Å². The monoisotopic (exact) mass is 577 g/mol. The molecular weight excluding hydrogens is 552 g/mol. The van der Waals surface area contributed by atoms with Gasteiger partial charge in [0.2, 0.25) is 0 Å². The molecule has 0 bridgehead atoms. The maximum Gasteiger partial charge on any atom is 0.585 e. The Morgan fingerprint density at radius 1 is 0.780 bits per heavy atom. The highest BCUT2D eigenvalue weighted by Crippen LogP contribution is 2.53. The van der Waals surface area contributed by atoms with E-state index in [-0.39, 0.29) is 30.1 Å². The molecule has 0 aliphatic heterocycles. The van der Waals surface area contributed by atoms with E-state index in [1.807, 2.05) is 12.1 Å². The van der Waals surface area contributed by atoms with Crippen LogP contribution < -0.4 is 14.7 Å². The van der Waals surface area contributed by atoms with Gasteiger partial charge in [-0.3, -0.25) is 4.79 Å². The van der Waals surface area contributed by atoms with E-state index in [2.05, 4.69) is 4.98 Å². The number of phosphoric acid groups is 1. The summed E-state index contributed by atoms with van der Waals surface area (Å²) >= 11 is 0. The number of nitrogens with one attached hydrogen (secondary N) is 1. The maximum absolute atomic E-state index is 13.8. The number of ether oxygens (including phenoxy) is 1. The van der Waals surface area contributed by atoms with Gasteiger partial charge in [0, 0.05) is 17.3 Å². The van der Waals surface area contributed by atoms with Gasteiger partial charge >= 0.3 is 7.82 Å². The van der Waals surface area contributed by atoms with Crippen molar-refractivity contribution < 1.29 is 37.3 Å². The minimum atomic E-state index is -4.68. The molecule has 1 aromatic heterocycles. The second-order valence-corrected chi connectivity index (χ2v) is 10.1. The Hall–Kier alpha value is -4.31. The number of aromatic nitrogens is 1. The van der Waals surface area contributed by atoms with Crippen molar-refractivity contribution in [2.75, 3.05) is 7.11 Å². The van der Waals surface area contributed by atoms with Crippen LogP contribution in [0.4, 0.5) is 4.39 Å². The lowest BCUT2D eigenvalue weighted by molar-refractivity contribution is -0.287. The van der Waals surface area contributed by atoms with Crippen LogP contribution in [-0.2, 0) is 36.9 Å². The highest BCUT2D eigenvalue weighted by atomic mass is 31.2. The molecule has 0 aliphatic carbocycles. The maximum atomic E-state index is 13.8. The van der Waals surface area contributed by atoms with Gasteiger partial charge < -0.3 is 14.2 Å². The number of halogens is 1. The molecule has 210 valence electrons. The van der Waals surface area contributed by atoms with Crippen molar-refractivity contribution in [2.24, 2.45) is 0 Å². The zero-order valence-corrected chi connectivity index (χ0v) is 22.7.